The number of benzene rings is 1. The van der Waals surface area contributed by atoms with Crippen LogP contribution in [0, 0.1) is 11.7 Å². The fourth-order valence-electron chi connectivity index (χ4n) is 3.79. The van der Waals surface area contributed by atoms with E-state index in [1.54, 1.807) is 6.07 Å². The maximum absolute atomic E-state index is 14.5. The second-order valence-corrected chi connectivity index (χ2v) is 8.93. The molecular formula is C28H42FNO. The molecule has 0 fully saturated rings. The molecule has 0 N–H and O–H groups in total. The number of halogens is 1. The van der Waals surface area contributed by atoms with Crippen LogP contribution in [-0.2, 0) is 6.42 Å². The number of pyridine rings is 1. The second kappa shape index (κ2) is 15.0. The summed E-state index contributed by atoms with van der Waals surface area (Å²) in [6.45, 7) is 7.35. The lowest BCUT2D eigenvalue weighted by Gasteiger charge is -2.10. The number of ether oxygens (including phenoxy) is 1. The van der Waals surface area contributed by atoms with Crippen LogP contribution >= 0.6 is 0 Å². The predicted octanol–water partition coefficient (Wildman–Crippen LogP) is 8.78. The number of nitrogens with zero attached hydrogens (tertiary/aromatic N) is 1. The smallest absolute Gasteiger partial charge is 0.165 e. The Labute approximate surface area is 189 Å². The number of hydrogen-bond donors (Lipinski definition) is 0. The monoisotopic (exact) mass is 427 g/mol. The second-order valence-electron chi connectivity index (χ2n) is 8.93. The number of aryl methyl sites for hydroxylation is 1. The first-order valence-corrected chi connectivity index (χ1v) is 12.5. The fraction of sp³-hybridized carbons (Fsp3) is 0.607. The van der Waals surface area contributed by atoms with Gasteiger partial charge in [0, 0.05) is 11.8 Å². The van der Waals surface area contributed by atoms with Gasteiger partial charge in [-0.05, 0) is 55.0 Å². The summed E-state index contributed by atoms with van der Waals surface area (Å²) in [7, 11) is 0. The van der Waals surface area contributed by atoms with E-state index >= 15 is 0 Å². The molecule has 2 rings (SSSR count). The summed E-state index contributed by atoms with van der Waals surface area (Å²) in [5.41, 5.74) is 2.86. The Morgan fingerprint density at radius 2 is 1.68 bits per heavy atom. The zero-order valence-electron chi connectivity index (χ0n) is 20.0. The van der Waals surface area contributed by atoms with E-state index in [4.69, 9.17) is 4.74 Å². The number of hydrogen-bond acceptors (Lipinski definition) is 2. The van der Waals surface area contributed by atoms with Gasteiger partial charge in [0.1, 0.15) is 0 Å². The minimum absolute atomic E-state index is 0.310. The predicted molar refractivity (Wildman–Crippen MR) is 130 cm³/mol. The lowest BCUT2D eigenvalue weighted by atomic mass is 10.0. The highest BCUT2D eigenvalue weighted by Gasteiger charge is 2.08. The van der Waals surface area contributed by atoms with Crippen molar-refractivity contribution in [1.82, 2.24) is 4.98 Å². The maximum atomic E-state index is 14.5. The van der Waals surface area contributed by atoms with Gasteiger partial charge in [0.25, 0.3) is 0 Å². The van der Waals surface area contributed by atoms with E-state index < -0.39 is 0 Å². The van der Waals surface area contributed by atoms with Crippen molar-refractivity contribution in [1.29, 1.82) is 0 Å². The summed E-state index contributed by atoms with van der Waals surface area (Å²) in [6.07, 6.45) is 16.6. The van der Waals surface area contributed by atoms with Gasteiger partial charge >= 0.3 is 0 Å². The van der Waals surface area contributed by atoms with Crippen LogP contribution in [0.1, 0.15) is 97.0 Å². The van der Waals surface area contributed by atoms with Crippen LogP contribution in [0.3, 0.4) is 0 Å². The molecule has 172 valence electrons. The topological polar surface area (TPSA) is 22.1 Å². The number of aromatic nitrogens is 1. The molecule has 0 radical (unpaired) electrons. The first-order valence-electron chi connectivity index (χ1n) is 12.5. The summed E-state index contributed by atoms with van der Waals surface area (Å²) < 4.78 is 20.1. The quantitative estimate of drug-likeness (QED) is 0.250. The van der Waals surface area contributed by atoms with Crippen molar-refractivity contribution < 1.29 is 9.13 Å². The molecule has 0 amide bonds. The molecule has 0 aliphatic carbocycles. The van der Waals surface area contributed by atoms with Crippen molar-refractivity contribution in [2.75, 3.05) is 6.61 Å². The third-order valence-electron chi connectivity index (χ3n) is 6.17. The van der Waals surface area contributed by atoms with Crippen molar-refractivity contribution in [3.63, 3.8) is 0 Å². The highest BCUT2D eigenvalue weighted by atomic mass is 19.1. The molecular weight excluding hydrogens is 385 g/mol. The molecule has 1 unspecified atom stereocenters. The van der Waals surface area contributed by atoms with Crippen molar-refractivity contribution in [2.45, 2.75) is 97.8 Å². The standard InChI is InChI=1S/C28H42FNO/c1-4-6-7-8-9-12-15-24-16-18-27(30-22-24)25-17-19-28(26(29)21-25)31-20-13-10-11-14-23(3)5-2/h16-19,21-23H,4-15,20H2,1-3H3. The maximum Gasteiger partial charge on any atom is 0.165 e. The summed E-state index contributed by atoms with van der Waals surface area (Å²) >= 11 is 0. The highest BCUT2D eigenvalue weighted by molar-refractivity contribution is 5.60. The molecule has 0 aliphatic rings. The summed E-state index contributed by atoms with van der Waals surface area (Å²) in [4.78, 5) is 4.56. The number of unbranched alkanes of at least 4 members (excludes halogenated alkanes) is 7. The average Bonchev–Trinajstić information content (AvgIpc) is 2.79. The Bertz CT molecular complexity index is 728. The van der Waals surface area contributed by atoms with Gasteiger partial charge in [0.15, 0.2) is 11.6 Å². The van der Waals surface area contributed by atoms with Crippen LogP contribution in [-0.4, -0.2) is 11.6 Å². The molecule has 1 heterocycles. The first-order chi connectivity index (χ1) is 15.1. The third-order valence-corrected chi connectivity index (χ3v) is 6.17. The minimum Gasteiger partial charge on any atom is -0.491 e. The Balaban J connectivity index is 1.75. The Morgan fingerprint density at radius 1 is 0.903 bits per heavy atom. The summed E-state index contributed by atoms with van der Waals surface area (Å²) in [5.74, 6) is 0.824. The van der Waals surface area contributed by atoms with E-state index in [-0.39, 0.29) is 5.82 Å². The molecule has 1 aromatic heterocycles. The van der Waals surface area contributed by atoms with Crippen LogP contribution in [0.15, 0.2) is 36.5 Å². The molecule has 2 aromatic rings. The third kappa shape index (κ3) is 9.84. The minimum atomic E-state index is -0.310. The molecule has 1 aromatic carbocycles. The highest BCUT2D eigenvalue weighted by Crippen LogP contribution is 2.25. The molecule has 2 nitrogen and oxygen atoms in total. The zero-order valence-corrected chi connectivity index (χ0v) is 20.0. The summed E-state index contributed by atoms with van der Waals surface area (Å²) in [6, 6.07) is 9.29. The Kier molecular flexibility index (Phi) is 12.3. The van der Waals surface area contributed by atoms with Crippen molar-refractivity contribution in [3.05, 3.63) is 47.9 Å². The van der Waals surface area contributed by atoms with E-state index in [2.05, 4.69) is 31.8 Å². The van der Waals surface area contributed by atoms with Gasteiger partial charge in [-0.1, -0.05) is 84.6 Å². The number of rotatable bonds is 16. The molecule has 0 saturated carbocycles. The fourth-order valence-corrected chi connectivity index (χ4v) is 3.79. The van der Waals surface area contributed by atoms with Gasteiger partial charge in [-0.25, -0.2) is 4.39 Å². The van der Waals surface area contributed by atoms with Crippen molar-refractivity contribution in [3.8, 4) is 17.0 Å². The molecule has 0 spiro atoms. The summed E-state index contributed by atoms with van der Waals surface area (Å²) in [5, 5.41) is 0. The van der Waals surface area contributed by atoms with E-state index in [1.165, 1.54) is 69.4 Å². The van der Waals surface area contributed by atoms with Gasteiger partial charge in [-0.2, -0.15) is 0 Å². The van der Waals surface area contributed by atoms with E-state index in [9.17, 15) is 4.39 Å². The Morgan fingerprint density at radius 3 is 2.39 bits per heavy atom. The van der Waals surface area contributed by atoms with Crippen LogP contribution in [0.25, 0.3) is 11.3 Å². The van der Waals surface area contributed by atoms with E-state index in [0.29, 0.717) is 12.4 Å². The van der Waals surface area contributed by atoms with Gasteiger partial charge in [0.2, 0.25) is 0 Å². The van der Waals surface area contributed by atoms with Gasteiger partial charge in [-0.15, -0.1) is 0 Å². The lowest BCUT2D eigenvalue weighted by molar-refractivity contribution is 0.288. The van der Waals surface area contributed by atoms with Crippen LogP contribution in [0.5, 0.6) is 5.75 Å². The van der Waals surface area contributed by atoms with Gasteiger partial charge in [-0.3, -0.25) is 4.98 Å². The van der Waals surface area contributed by atoms with Crippen LogP contribution < -0.4 is 4.74 Å². The molecule has 3 heteroatoms. The first kappa shape index (κ1) is 25.4. The van der Waals surface area contributed by atoms with Crippen LogP contribution in [0.4, 0.5) is 4.39 Å². The average molecular weight is 428 g/mol. The van der Waals surface area contributed by atoms with Gasteiger partial charge < -0.3 is 4.74 Å². The van der Waals surface area contributed by atoms with Gasteiger partial charge in [0.05, 0.1) is 12.3 Å². The van der Waals surface area contributed by atoms with Crippen molar-refractivity contribution >= 4 is 0 Å². The molecule has 0 saturated heterocycles. The van der Waals surface area contributed by atoms with Crippen LogP contribution in [0.2, 0.25) is 0 Å². The normalized spacial score (nSPS) is 12.1. The molecule has 1 atom stereocenters. The SMILES string of the molecule is CCCCCCCCc1ccc(-c2ccc(OCCCCCC(C)CC)c(F)c2)nc1. The molecule has 0 aliphatic heterocycles. The molecule has 0 bridgehead atoms. The van der Waals surface area contributed by atoms with E-state index in [0.717, 1.165) is 36.4 Å². The largest absolute Gasteiger partial charge is 0.491 e. The van der Waals surface area contributed by atoms with Crippen molar-refractivity contribution in [2.24, 2.45) is 5.92 Å². The Hall–Kier alpha value is -1.90. The zero-order chi connectivity index (χ0) is 22.3. The lowest BCUT2D eigenvalue weighted by Crippen LogP contribution is -2.00. The van der Waals surface area contributed by atoms with E-state index in [1.807, 2.05) is 18.3 Å². The molecule has 31 heavy (non-hydrogen) atoms.